The van der Waals surface area contributed by atoms with Gasteiger partial charge >= 0.3 is 0 Å². The number of hydrogen-bond acceptors (Lipinski definition) is 2. The lowest BCUT2D eigenvalue weighted by molar-refractivity contribution is -0.646. The lowest BCUT2D eigenvalue weighted by atomic mass is 10.1. The Morgan fingerprint density at radius 2 is 1.22 bits per heavy atom. The minimum absolute atomic E-state index is 0. The number of nitrogens with two attached hydrogens (primary N) is 1. The second-order valence-electron chi connectivity index (χ2n) is 6.39. The topological polar surface area (TPSA) is 57.1 Å². The summed E-state index contributed by atoms with van der Waals surface area (Å²) >= 11 is 0. The van der Waals surface area contributed by atoms with Crippen molar-refractivity contribution in [3.63, 3.8) is 0 Å². The molecular formula is C19H40BrNO2. The highest BCUT2D eigenvalue weighted by Crippen LogP contribution is 2.11. The molecule has 0 atom stereocenters. The van der Waals surface area contributed by atoms with Crippen LogP contribution in [0.3, 0.4) is 0 Å². The Kier molecular flexibility index (Phi) is 24.3. The molecule has 0 spiro atoms. The van der Waals surface area contributed by atoms with E-state index < -0.39 is 6.29 Å². The highest BCUT2D eigenvalue weighted by Gasteiger charge is 1.94. The molecule has 0 aromatic rings. The number of rotatable bonds is 17. The van der Waals surface area contributed by atoms with Gasteiger partial charge in [-0.05, 0) is 18.9 Å². The third kappa shape index (κ3) is 24.5. The summed E-state index contributed by atoms with van der Waals surface area (Å²) in [6.45, 7) is 4.41. The monoisotopic (exact) mass is 393 g/mol. The van der Waals surface area contributed by atoms with Gasteiger partial charge in [0.15, 0.2) is 6.29 Å². The van der Waals surface area contributed by atoms with Gasteiger partial charge in [-0.2, -0.15) is 0 Å². The molecule has 4 N–H and O–H groups in total. The maximum absolute atomic E-state index is 8.67. The van der Waals surface area contributed by atoms with Gasteiger partial charge in [-0.15, -0.1) is 0 Å². The number of quaternary nitrogens is 1. The summed E-state index contributed by atoms with van der Waals surface area (Å²) < 4.78 is 0. The zero-order valence-corrected chi connectivity index (χ0v) is 16.8. The molecule has 0 saturated carbocycles. The number of aliphatic hydroxyl groups is 2. The normalized spacial score (nSPS) is 11.3. The molecule has 0 radical (unpaired) electrons. The van der Waals surface area contributed by atoms with Crippen molar-refractivity contribution in [2.75, 3.05) is 13.1 Å². The second kappa shape index (κ2) is 22.1. The molecule has 140 valence electrons. The third-order valence-electron chi connectivity index (χ3n) is 4.08. The Balaban J connectivity index is 0. The molecule has 0 unspecified atom stereocenters. The molecule has 3 nitrogen and oxygen atoms in total. The van der Waals surface area contributed by atoms with Crippen LogP contribution in [0.1, 0.15) is 90.4 Å². The van der Waals surface area contributed by atoms with Crippen LogP contribution in [0.5, 0.6) is 0 Å². The van der Waals surface area contributed by atoms with Gasteiger partial charge in [-0.3, -0.25) is 0 Å². The van der Waals surface area contributed by atoms with Gasteiger partial charge in [0.05, 0.1) is 13.1 Å². The van der Waals surface area contributed by atoms with Crippen LogP contribution in [0.2, 0.25) is 0 Å². The van der Waals surface area contributed by atoms with E-state index in [-0.39, 0.29) is 17.0 Å². The fourth-order valence-electron chi connectivity index (χ4n) is 2.66. The van der Waals surface area contributed by atoms with Crippen molar-refractivity contribution >= 4 is 0 Å². The van der Waals surface area contributed by atoms with Gasteiger partial charge in [0.1, 0.15) is 0 Å². The summed E-state index contributed by atoms with van der Waals surface area (Å²) in [5.41, 5.74) is 0. The first-order valence-electron chi connectivity index (χ1n) is 9.60. The summed E-state index contributed by atoms with van der Waals surface area (Å²) in [7, 11) is 0. The maximum atomic E-state index is 8.67. The summed E-state index contributed by atoms with van der Waals surface area (Å²) in [4.78, 5) is 0. The van der Waals surface area contributed by atoms with Crippen molar-refractivity contribution in [1.82, 2.24) is 0 Å². The summed E-state index contributed by atoms with van der Waals surface area (Å²) in [6.07, 6.45) is 19.8. The quantitative estimate of drug-likeness (QED) is 0.191. The van der Waals surface area contributed by atoms with Gasteiger partial charge < -0.3 is 32.5 Å². The second-order valence-corrected chi connectivity index (χ2v) is 6.39. The first-order chi connectivity index (χ1) is 10.8. The van der Waals surface area contributed by atoms with E-state index in [2.05, 4.69) is 12.2 Å². The first kappa shape index (κ1) is 25.3. The standard InChI is InChI=1S/C19H39NO2.BrH/c1-2-3-4-5-6-7-8-9-10-11-12-14-17-20-18-15-13-16-19(21)22;/h13,15,19-22H,2-12,14,16-18H2,1H3;1H. The molecular weight excluding hydrogens is 354 g/mol. The van der Waals surface area contributed by atoms with Gasteiger partial charge in [0, 0.05) is 6.42 Å². The van der Waals surface area contributed by atoms with Crippen molar-refractivity contribution in [3.05, 3.63) is 12.2 Å². The highest BCUT2D eigenvalue weighted by molar-refractivity contribution is 4.80. The van der Waals surface area contributed by atoms with Crippen LogP contribution in [0, 0.1) is 0 Å². The van der Waals surface area contributed by atoms with E-state index in [1.807, 2.05) is 12.2 Å². The first-order valence-corrected chi connectivity index (χ1v) is 9.60. The average Bonchev–Trinajstić information content (AvgIpc) is 2.50. The SMILES string of the molecule is CCCCCCCCCCCCCC[NH2+]CC=CCC(O)O.[Br-]. The van der Waals surface area contributed by atoms with Crippen molar-refractivity contribution in [1.29, 1.82) is 0 Å². The number of hydrogen-bond donors (Lipinski definition) is 3. The van der Waals surface area contributed by atoms with E-state index in [1.165, 1.54) is 83.6 Å². The van der Waals surface area contributed by atoms with Crippen LogP contribution < -0.4 is 22.3 Å². The highest BCUT2D eigenvalue weighted by atomic mass is 79.9. The van der Waals surface area contributed by atoms with Crippen molar-refractivity contribution in [2.45, 2.75) is 96.7 Å². The molecule has 0 fully saturated rings. The number of unbranched alkanes of at least 4 members (excludes halogenated alkanes) is 11. The van der Waals surface area contributed by atoms with Crippen LogP contribution in [0.25, 0.3) is 0 Å². The average molecular weight is 394 g/mol. The molecule has 0 aliphatic carbocycles. The Hall–Kier alpha value is 0.100. The molecule has 0 amide bonds. The molecule has 0 aliphatic heterocycles. The smallest absolute Gasteiger partial charge is 0.154 e. The minimum Gasteiger partial charge on any atom is -1.00 e. The Morgan fingerprint density at radius 3 is 1.70 bits per heavy atom. The van der Waals surface area contributed by atoms with Crippen LogP contribution in [0.4, 0.5) is 0 Å². The molecule has 0 aliphatic rings. The molecule has 4 heteroatoms. The van der Waals surface area contributed by atoms with Gasteiger partial charge in [-0.1, -0.05) is 77.2 Å². The van der Waals surface area contributed by atoms with Crippen molar-refractivity contribution < 1.29 is 32.5 Å². The van der Waals surface area contributed by atoms with E-state index >= 15 is 0 Å². The fourth-order valence-corrected chi connectivity index (χ4v) is 2.66. The van der Waals surface area contributed by atoms with E-state index in [0.29, 0.717) is 6.42 Å². The molecule has 0 saturated heterocycles. The molecule has 0 aromatic heterocycles. The predicted molar refractivity (Wildman–Crippen MR) is 94.7 cm³/mol. The van der Waals surface area contributed by atoms with Crippen LogP contribution >= 0.6 is 0 Å². The maximum Gasteiger partial charge on any atom is 0.154 e. The summed E-state index contributed by atoms with van der Waals surface area (Å²) in [5.74, 6) is 0. The van der Waals surface area contributed by atoms with Crippen LogP contribution in [-0.4, -0.2) is 29.6 Å². The lowest BCUT2D eigenvalue weighted by Gasteiger charge is -2.02. The van der Waals surface area contributed by atoms with E-state index in [0.717, 1.165) is 6.54 Å². The number of aliphatic hydroxyl groups excluding tert-OH is 1. The zero-order chi connectivity index (χ0) is 16.3. The summed E-state index contributed by atoms with van der Waals surface area (Å²) in [6, 6.07) is 0. The van der Waals surface area contributed by atoms with Crippen LogP contribution in [0.15, 0.2) is 12.2 Å². The molecule has 0 bridgehead atoms. The summed E-state index contributed by atoms with van der Waals surface area (Å²) in [5, 5.41) is 19.6. The number of halogens is 1. The molecule has 23 heavy (non-hydrogen) atoms. The minimum atomic E-state index is -1.20. The Morgan fingerprint density at radius 1 is 0.739 bits per heavy atom. The third-order valence-corrected chi connectivity index (χ3v) is 4.08. The van der Waals surface area contributed by atoms with Crippen molar-refractivity contribution in [2.24, 2.45) is 0 Å². The zero-order valence-electron chi connectivity index (χ0n) is 15.2. The van der Waals surface area contributed by atoms with E-state index in [1.54, 1.807) is 0 Å². The van der Waals surface area contributed by atoms with E-state index in [9.17, 15) is 0 Å². The largest absolute Gasteiger partial charge is 1.00 e. The van der Waals surface area contributed by atoms with Crippen molar-refractivity contribution in [3.8, 4) is 0 Å². The molecule has 0 aromatic carbocycles. The lowest BCUT2D eigenvalue weighted by Crippen LogP contribution is -3.00. The van der Waals surface area contributed by atoms with Gasteiger partial charge in [-0.25, -0.2) is 0 Å². The molecule has 0 rings (SSSR count). The molecule has 0 heterocycles. The van der Waals surface area contributed by atoms with Crippen LogP contribution in [-0.2, 0) is 0 Å². The van der Waals surface area contributed by atoms with Gasteiger partial charge in [0.25, 0.3) is 0 Å². The fraction of sp³-hybridized carbons (Fsp3) is 0.895. The van der Waals surface area contributed by atoms with Gasteiger partial charge in [0.2, 0.25) is 0 Å². The Bertz CT molecular complexity index is 235. The predicted octanol–water partition coefficient (Wildman–Crippen LogP) is 0.512. The van der Waals surface area contributed by atoms with E-state index in [4.69, 9.17) is 10.2 Å². The Labute approximate surface area is 154 Å².